The molecule has 2 aromatic rings. The van der Waals surface area contributed by atoms with E-state index in [4.69, 9.17) is 14.2 Å². The first-order chi connectivity index (χ1) is 15.6. The lowest BCUT2D eigenvalue weighted by Crippen LogP contribution is -2.41. The Labute approximate surface area is 189 Å². The summed E-state index contributed by atoms with van der Waals surface area (Å²) in [6, 6.07) is 12.8. The van der Waals surface area contributed by atoms with Crippen molar-refractivity contribution in [3.63, 3.8) is 0 Å². The molecule has 2 heterocycles. The molecule has 0 saturated carbocycles. The van der Waals surface area contributed by atoms with Crippen molar-refractivity contribution < 1.29 is 24.1 Å². The summed E-state index contributed by atoms with van der Waals surface area (Å²) in [7, 11) is 1.63. The predicted octanol–water partition coefficient (Wildman–Crippen LogP) is 3.16. The molecule has 2 saturated heterocycles. The van der Waals surface area contributed by atoms with E-state index < -0.39 is 0 Å². The van der Waals surface area contributed by atoms with Crippen molar-refractivity contribution in [2.45, 2.75) is 19.4 Å². The van der Waals surface area contributed by atoms with Gasteiger partial charge < -0.3 is 24.2 Å². The highest BCUT2D eigenvalue weighted by molar-refractivity contribution is 5.97. The molecule has 4 rings (SSSR count). The molecule has 32 heavy (non-hydrogen) atoms. The van der Waals surface area contributed by atoms with Gasteiger partial charge in [-0.05, 0) is 37.6 Å². The number of piperidine rings is 1. The number of phenolic OH excluding ortho intramolecular Hbond substituents is 1. The minimum absolute atomic E-state index is 0.00796. The number of rotatable bonds is 7. The van der Waals surface area contributed by atoms with Crippen LogP contribution in [0.25, 0.3) is 0 Å². The molecule has 1 atom stereocenters. The first-order valence-corrected chi connectivity index (χ1v) is 11.3. The first-order valence-electron chi connectivity index (χ1n) is 11.3. The largest absolute Gasteiger partial charge is 0.508 e. The third-order valence-corrected chi connectivity index (χ3v) is 6.16. The van der Waals surface area contributed by atoms with Crippen molar-refractivity contribution >= 4 is 5.91 Å². The summed E-state index contributed by atoms with van der Waals surface area (Å²) in [6.07, 6.45) is 2.20. The molecule has 0 aromatic heterocycles. The number of hydrogen-bond donors (Lipinski definition) is 1. The average Bonchev–Trinajstić information content (AvgIpc) is 2.84. The van der Waals surface area contributed by atoms with Crippen molar-refractivity contribution in [2.24, 2.45) is 5.92 Å². The zero-order chi connectivity index (χ0) is 22.3. The molecule has 0 radical (unpaired) electrons. The normalized spacial score (nSPS) is 19.5. The van der Waals surface area contributed by atoms with Gasteiger partial charge in [-0.2, -0.15) is 0 Å². The third kappa shape index (κ3) is 5.53. The van der Waals surface area contributed by atoms with Crippen LogP contribution in [0.4, 0.5) is 0 Å². The zero-order valence-electron chi connectivity index (χ0n) is 18.7. The summed E-state index contributed by atoms with van der Waals surface area (Å²) >= 11 is 0. The van der Waals surface area contributed by atoms with Gasteiger partial charge in [0.15, 0.2) is 0 Å². The van der Waals surface area contributed by atoms with Crippen LogP contribution < -0.4 is 9.47 Å². The molecule has 0 bridgehead atoms. The van der Waals surface area contributed by atoms with Crippen molar-refractivity contribution in [3.05, 3.63) is 53.6 Å². The number of hydrogen-bond acceptors (Lipinski definition) is 6. The lowest BCUT2D eigenvalue weighted by molar-refractivity contribution is 0.0299. The van der Waals surface area contributed by atoms with E-state index in [1.807, 2.05) is 35.2 Å². The Balaban J connectivity index is 1.36. The fourth-order valence-corrected chi connectivity index (χ4v) is 4.45. The number of carbonyl (C=O) groups is 1. The number of ether oxygens (including phenoxy) is 3. The van der Waals surface area contributed by atoms with Gasteiger partial charge in [-0.1, -0.05) is 18.2 Å². The molecular weight excluding hydrogens is 408 g/mol. The molecule has 2 aliphatic rings. The summed E-state index contributed by atoms with van der Waals surface area (Å²) in [5.41, 5.74) is 1.68. The van der Waals surface area contributed by atoms with Crippen LogP contribution >= 0.6 is 0 Å². The standard InChI is InChI=1S/C25H32N2O5/c1-30-24-15-21(28)9-8-20(24)17-26-10-4-5-19(16-26)18-32-23-7-3-2-6-22(23)25(29)27-11-13-31-14-12-27/h2-3,6-9,15,19,28H,4-5,10-14,16-18H2,1H3. The van der Waals surface area contributed by atoms with E-state index in [-0.39, 0.29) is 11.7 Å². The van der Waals surface area contributed by atoms with Crippen molar-refractivity contribution in [3.8, 4) is 17.2 Å². The van der Waals surface area contributed by atoms with E-state index in [9.17, 15) is 9.90 Å². The summed E-state index contributed by atoms with van der Waals surface area (Å²) in [5.74, 6) is 1.97. The first kappa shape index (κ1) is 22.4. The fraction of sp³-hybridized carbons (Fsp3) is 0.480. The molecule has 7 heteroatoms. The third-order valence-electron chi connectivity index (χ3n) is 6.16. The van der Waals surface area contributed by atoms with Crippen LogP contribution in [0.3, 0.4) is 0 Å². The van der Waals surface area contributed by atoms with E-state index in [1.165, 1.54) is 0 Å². The molecule has 2 fully saturated rings. The molecule has 0 aliphatic carbocycles. The van der Waals surface area contributed by atoms with Gasteiger partial charge in [-0.15, -0.1) is 0 Å². The summed E-state index contributed by atoms with van der Waals surface area (Å²) in [6.45, 7) is 5.69. The number of nitrogens with zero attached hydrogens (tertiary/aromatic N) is 2. The molecule has 1 N–H and O–H groups in total. The highest BCUT2D eigenvalue weighted by Gasteiger charge is 2.24. The van der Waals surface area contributed by atoms with Crippen LogP contribution in [0, 0.1) is 5.92 Å². The van der Waals surface area contributed by atoms with Crippen molar-refractivity contribution in [1.82, 2.24) is 9.80 Å². The van der Waals surface area contributed by atoms with Crippen LogP contribution in [0.15, 0.2) is 42.5 Å². The van der Waals surface area contributed by atoms with E-state index in [0.29, 0.717) is 55.9 Å². The minimum Gasteiger partial charge on any atom is -0.508 e. The predicted molar refractivity (Wildman–Crippen MR) is 121 cm³/mol. The minimum atomic E-state index is 0.00796. The van der Waals surface area contributed by atoms with Gasteiger partial charge in [0, 0.05) is 43.7 Å². The number of likely N-dealkylation sites (tertiary alicyclic amines) is 1. The van der Waals surface area contributed by atoms with Crippen LogP contribution in [-0.2, 0) is 11.3 Å². The Bertz CT molecular complexity index is 913. The summed E-state index contributed by atoms with van der Waals surface area (Å²) in [5, 5.41) is 9.70. The monoisotopic (exact) mass is 440 g/mol. The lowest BCUT2D eigenvalue weighted by Gasteiger charge is -2.33. The van der Waals surface area contributed by atoms with Crippen LogP contribution in [0.5, 0.6) is 17.2 Å². The second-order valence-electron chi connectivity index (χ2n) is 8.45. The van der Waals surface area contributed by atoms with Gasteiger partial charge >= 0.3 is 0 Å². The van der Waals surface area contributed by atoms with Crippen LogP contribution in [0.2, 0.25) is 0 Å². The number of phenols is 1. The summed E-state index contributed by atoms with van der Waals surface area (Å²) < 4.78 is 17.0. The number of carbonyl (C=O) groups excluding carboxylic acids is 1. The molecule has 7 nitrogen and oxygen atoms in total. The molecular formula is C25H32N2O5. The van der Waals surface area contributed by atoms with Gasteiger partial charge in [-0.3, -0.25) is 9.69 Å². The Kier molecular flexibility index (Phi) is 7.50. The Morgan fingerprint density at radius 1 is 1.12 bits per heavy atom. The number of methoxy groups -OCH3 is 1. The number of morpholine rings is 1. The van der Waals surface area contributed by atoms with E-state index in [1.54, 1.807) is 19.2 Å². The average molecular weight is 441 g/mol. The Hall–Kier alpha value is -2.77. The molecule has 2 aliphatic heterocycles. The summed E-state index contributed by atoms with van der Waals surface area (Å²) in [4.78, 5) is 17.2. The number of aromatic hydroxyl groups is 1. The zero-order valence-corrected chi connectivity index (χ0v) is 18.7. The van der Waals surface area contributed by atoms with E-state index in [0.717, 1.165) is 38.0 Å². The lowest BCUT2D eigenvalue weighted by atomic mass is 9.98. The number of amides is 1. The van der Waals surface area contributed by atoms with E-state index in [2.05, 4.69) is 4.90 Å². The number of para-hydroxylation sites is 1. The maximum atomic E-state index is 13.0. The highest BCUT2D eigenvalue weighted by Crippen LogP contribution is 2.28. The van der Waals surface area contributed by atoms with Crippen LogP contribution in [0.1, 0.15) is 28.8 Å². The topological polar surface area (TPSA) is 71.5 Å². The molecule has 1 amide bonds. The Morgan fingerprint density at radius 2 is 1.94 bits per heavy atom. The fourth-order valence-electron chi connectivity index (χ4n) is 4.45. The van der Waals surface area contributed by atoms with Gasteiger partial charge in [0.2, 0.25) is 0 Å². The highest BCUT2D eigenvalue weighted by atomic mass is 16.5. The van der Waals surface area contributed by atoms with Crippen LogP contribution in [-0.4, -0.2) is 73.9 Å². The number of benzene rings is 2. The smallest absolute Gasteiger partial charge is 0.257 e. The molecule has 0 spiro atoms. The maximum absolute atomic E-state index is 13.0. The van der Waals surface area contributed by atoms with Gasteiger partial charge in [0.05, 0.1) is 32.5 Å². The van der Waals surface area contributed by atoms with Crippen molar-refractivity contribution in [1.29, 1.82) is 0 Å². The van der Waals surface area contributed by atoms with Gasteiger partial charge in [0.1, 0.15) is 17.2 Å². The molecule has 2 aromatic carbocycles. The second-order valence-corrected chi connectivity index (χ2v) is 8.45. The van der Waals surface area contributed by atoms with Gasteiger partial charge in [0.25, 0.3) is 5.91 Å². The molecule has 172 valence electrons. The maximum Gasteiger partial charge on any atom is 0.257 e. The van der Waals surface area contributed by atoms with Gasteiger partial charge in [-0.25, -0.2) is 0 Å². The second kappa shape index (κ2) is 10.7. The molecule has 1 unspecified atom stereocenters. The SMILES string of the molecule is COc1cc(O)ccc1CN1CCCC(COc2ccccc2C(=O)N2CCOCC2)C1. The Morgan fingerprint density at radius 3 is 2.75 bits per heavy atom. The van der Waals surface area contributed by atoms with E-state index >= 15 is 0 Å². The van der Waals surface area contributed by atoms with Crippen molar-refractivity contribution in [2.75, 3.05) is 53.1 Å². The quantitative estimate of drug-likeness (QED) is 0.713.